The molecule has 1 heterocycles. The first kappa shape index (κ1) is 10.9. The molecule has 78 valence electrons. The molecule has 3 unspecified atom stereocenters. The Morgan fingerprint density at radius 1 is 1.54 bits per heavy atom. The van der Waals surface area contributed by atoms with Gasteiger partial charge in [-0.2, -0.15) is 0 Å². The third-order valence-electron chi connectivity index (χ3n) is 2.34. The van der Waals surface area contributed by atoms with E-state index in [1.54, 1.807) is 0 Å². The van der Waals surface area contributed by atoms with E-state index in [0.717, 1.165) is 12.8 Å². The first-order valence-corrected chi connectivity index (χ1v) is 4.86. The molecule has 0 amide bonds. The molecule has 3 N–H and O–H groups in total. The van der Waals surface area contributed by atoms with Crippen molar-refractivity contribution < 1.29 is 14.9 Å². The number of aliphatic hydroxyl groups is 2. The Morgan fingerprint density at radius 3 is 2.85 bits per heavy atom. The van der Waals surface area contributed by atoms with Gasteiger partial charge in [-0.15, -0.1) is 0 Å². The highest BCUT2D eigenvalue weighted by molar-refractivity contribution is 4.82. The lowest BCUT2D eigenvalue weighted by atomic mass is 10.1. The summed E-state index contributed by atoms with van der Waals surface area (Å²) in [6.45, 7) is 3.31. The second-order valence-electron chi connectivity index (χ2n) is 3.64. The van der Waals surface area contributed by atoms with Crippen LogP contribution >= 0.6 is 0 Å². The summed E-state index contributed by atoms with van der Waals surface area (Å²) in [5.74, 6) is 0. The third-order valence-corrected chi connectivity index (χ3v) is 2.34. The summed E-state index contributed by atoms with van der Waals surface area (Å²) in [4.78, 5) is 0. The molecule has 4 heteroatoms. The first-order valence-electron chi connectivity index (χ1n) is 4.86. The van der Waals surface area contributed by atoms with Gasteiger partial charge < -0.3 is 20.3 Å². The molecule has 0 aromatic carbocycles. The van der Waals surface area contributed by atoms with Crippen LogP contribution in [0.25, 0.3) is 0 Å². The van der Waals surface area contributed by atoms with Crippen molar-refractivity contribution in [3.8, 4) is 0 Å². The highest BCUT2D eigenvalue weighted by Gasteiger charge is 2.26. The molecule has 0 radical (unpaired) electrons. The highest BCUT2D eigenvalue weighted by atomic mass is 16.5. The van der Waals surface area contributed by atoms with E-state index >= 15 is 0 Å². The van der Waals surface area contributed by atoms with Crippen LogP contribution in [0, 0.1) is 0 Å². The highest BCUT2D eigenvalue weighted by Crippen LogP contribution is 2.07. The maximum Gasteiger partial charge on any atom is 0.0948 e. The fourth-order valence-electron chi connectivity index (χ4n) is 1.55. The minimum absolute atomic E-state index is 0.0636. The van der Waals surface area contributed by atoms with Crippen molar-refractivity contribution in [1.29, 1.82) is 0 Å². The van der Waals surface area contributed by atoms with E-state index in [4.69, 9.17) is 9.84 Å². The molecule has 1 aliphatic rings. The monoisotopic (exact) mass is 189 g/mol. The zero-order valence-corrected chi connectivity index (χ0v) is 8.07. The smallest absolute Gasteiger partial charge is 0.0948 e. The fraction of sp³-hybridized carbons (Fsp3) is 1.00. The molecule has 13 heavy (non-hydrogen) atoms. The minimum Gasteiger partial charge on any atom is -0.396 e. The van der Waals surface area contributed by atoms with Crippen LogP contribution in [-0.4, -0.2) is 48.2 Å². The van der Waals surface area contributed by atoms with Crippen molar-refractivity contribution in [2.45, 2.75) is 38.0 Å². The minimum atomic E-state index is -0.378. The van der Waals surface area contributed by atoms with Gasteiger partial charge in [0.25, 0.3) is 0 Å². The van der Waals surface area contributed by atoms with E-state index < -0.39 is 0 Å². The number of hydrogen-bond acceptors (Lipinski definition) is 4. The average molecular weight is 189 g/mol. The van der Waals surface area contributed by atoms with Crippen LogP contribution in [0.4, 0.5) is 0 Å². The summed E-state index contributed by atoms with van der Waals surface area (Å²) in [7, 11) is 0. The number of nitrogens with one attached hydrogen (secondary N) is 1. The normalized spacial score (nSPS) is 30.7. The van der Waals surface area contributed by atoms with E-state index in [2.05, 4.69) is 12.2 Å². The van der Waals surface area contributed by atoms with E-state index in [1.807, 2.05) is 0 Å². The van der Waals surface area contributed by atoms with Gasteiger partial charge in [0.2, 0.25) is 0 Å². The lowest BCUT2D eigenvalue weighted by Crippen LogP contribution is -2.43. The van der Waals surface area contributed by atoms with Gasteiger partial charge in [0, 0.05) is 12.6 Å². The maximum atomic E-state index is 9.43. The number of ether oxygens (including phenoxy) is 1. The van der Waals surface area contributed by atoms with Gasteiger partial charge in [-0.05, 0) is 19.8 Å². The SMILES string of the molecule is CC(CCCO)NC1COCC1O. The molecule has 1 rings (SSSR count). The van der Waals surface area contributed by atoms with Crippen molar-refractivity contribution >= 4 is 0 Å². The lowest BCUT2D eigenvalue weighted by Gasteiger charge is -2.20. The standard InChI is InChI=1S/C9H19NO3/c1-7(3-2-4-11)10-8-5-13-6-9(8)12/h7-12H,2-6H2,1H3. The third kappa shape index (κ3) is 3.60. The molecular formula is C9H19NO3. The molecule has 0 bridgehead atoms. The van der Waals surface area contributed by atoms with E-state index in [1.165, 1.54) is 0 Å². The molecular weight excluding hydrogens is 170 g/mol. The summed E-state index contributed by atoms with van der Waals surface area (Å²) in [6.07, 6.45) is 1.36. The van der Waals surface area contributed by atoms with Crippen LogP contribution in [0.3, 0.4) is 0 Å². The Balaban J connectivity index is 2.15. The van der Waals surface area contributed by atoms with Gasteiger partial charge >= 0.3 is 0 Å². The number of hydrogen-bond donors (Lipinski definition) is 3. The van der Waals surface area contributed by atoms with Crippen LogP contribution < -0.4 is 5.32 Å². The lowest BCUT2D eigenvalue weighted by molar-refractivity contribution is 0.121. The number of rotatable bonds is 5. The molecule has 1 aliphatic heterocycles. The Labute approximate surface area is 78.9 Å². The predicted molar refractivity (Wildman–Crippen MR) is 49.5 cm³/mol. The summed E-state index contributed by atoms with van der Waals surface area (Å²) in [6, 6.07) is 0.391. The topological polar surface area (TPSA) is 61.7 Å². The average Bonchev–Trinajstić information content (AvgIpc) is 2.48. The first-order chi connectivity index (χ1) is 6.24. The van der Waals surface area contributed by atoms with Gasteiger partial charge in [0.1, 0.15) is 0 Å². The Kier molecular flexibility index (Phi) is 4.66. The van der Waals surface area contributed by atoms with Crippen molar-refractivity contribution in [3.05, 3.63) is 0 Å². The van der Waals surface area contributed by atoms with Crippen LogP contribution in [0.15, 0.2) is 0 Å². The van der Waals surface area contributed by atoms with Crippen molar-refractivity contribution in [3.63, 3.8) is 0 Å². The van der Waals surface area contributed by atoms with Gasteiger partial charge in [0.15, 0.2) is 0 Å². The molecule has 0 aromatic rings. The van der Waals surface area contributed by atoms with Gasteiger partial charge in [0.05, 0.1) is 25.4 Å². The van der Waals surface area contributed by atoms with Crippen LogP contribution in [0.2, 0.25) is 0 Å². The van der Waals surface area contributed by atoms with Gasteiger partial charge in [-0.3, -0.25) is 0 Å². The zero-order chi connectivity index (χ0) is 9.68. The largest absolute Gasteiger partial charge is 0.396 e. The van der Waals surface area contributed by atoms with E-state index in [0.29, 0.717) is 19.3 Å². The summed E-state index contributed by atoms with van der Waals surface area (Å²) in [5, 5.41) is 21.3. The van der Waals surface area contributed by atoms with Crippen molar-refractivity contribution in [2.75, 3.05) is 19.8 Å². The van der Waals surface area contributed by atoms with Crippen molar-refractivity contribution in [1.82, 2.24) is 5.32 Å². The molecule has 0 spiro atoms. The molecule has 0 saturated carbocycles. The molecule has 4 nitrogen and oxygen atoms in total. The van der Waals surface area contributed by atoms with Crippen LogP contribution in [0.5, 0.6) is 0 Å². The fourth-order valence-corrected chi connectivity index (χ4v) is 1.55. The quantitative estimate of drug-likeness (QED) is 0.545. The molecule has 3 atom stereocenters. The summed E-state index contributed by atoms with van der Waals surface area (Å²) < 4.78 is 5.11. The zero-order valence-electron chi connectivity index (χ0n) is 8.07. The predicted octanol–water partition coefficient (Wildman–Crippen LogP) is -0.503. The van der Waals surface area contributed by atoms with Gasteiger partial charge in [-0.25, -0.2) is 0 Å². The van der Waals surface area contributed by atoms with Crippen LogP contribution in [-0.2, 0) is 4.74 Å². The molecule has 1 fully saturated rings. The van der Waals surface area contributed by atoms with Crippen molar-refractivity contribution in [2.24, 2.45) is 0 Å². The summed E-state index contributed by atoms with van der Waals surface area (Å²) in [5.41, 5.74) is 0. The second-order valence-corrected chi connectivity index (χ2v) is 3.64. The Morgan fingerprint density at radius 2 is 2.31 bits per heavy atom. The molecule has 0 aromatic heterocycles. The van der Waals surface area contributed by atoms with Gasteiger partial charge in [-0.1, -0.05) is 0 Å². The van der Waals surface area contributed by atoms with E-state index in [-0.39, 0.29) is 18.8 Å². The summed E-state index contributed by atoms with van der Waals surface area (Å²) >= 11 is 0. The molecule has 0 aliphatic carbocycles. The Bertz CT molecular complexity index is 143. The second kappa shape index (κ2) is 5.54. The van der Waals surface area contributed by atoms with Crippen LogP contribution in [0.1, 0.15) is 19.8 Å². The maximum absolute atomic E-state index is 9.43. The molecule has 1 saturated heterocycles. The van der Waals surface area contributed by atoms with E-state index in [9.17, 15) is 5.11 Å². The Hall–Kier alpha value is -0.160. The number of aliphatic hydroxyl groups excluding tert-OH is 2.